The zero-order valence-electron chi connectivity index (χ0n) is 9.86. The maximum atomic E-state index is 11.5. The summed E-state index contributed by atoms with van der Waals surface area (Å²) >= 11 is 0. The van der Waals surface area contributed by atoms with E-state index < -0.39 is 17.6 Å². The molecule has 0 atom stereocenters. The molecule has 0 saturated carbocycles. The van der Waals surface area contributed by atoms with Gasteiger partial charge < -0.3 is 20.8 Å². The molecule has 8 heteroatoms. The van der Waals surface area contributed by atoms with Gasteiger partial charge in [0, 0.05) is 5.69 Å². The zero-order valence-corrected chi connectivity index (χ0v) is 9.86. The summed E-state index contributed by atoms with van der Waals surface area (Å²) in [6.07, 6.45) is 0. The minimum Gasteiger partial charge on any atom is -0.408 e. The average molecular weight is 264 g/mol. The van der Waals surface area contributed by atoms with Crippen molar-refractivity contribution in [2.75, 3.05) is 18.4 Å². The number of benzene rings is 1. The number of fused-ring (bicyclic) bond motifs is 1. The molecule has 0 bridgehead atoms. The number of hydrogen-bond acceptors (Lipinski definition) is 5. The molecule has 2 rings (SSSR count). The highest BCUT2D eigenvalue weighted by Gasteiger charge is 2.06. The molecule has 0 radical (unpaired) electrons. The molecular formula is C11H12N4O4. The molecule has 1 heterocycles. The molecule has 1 aromatic heterocycles. The molecule has 2 amide bonds. The van der Waals surface area contributed by atoms with Crippen LogP contribution in [0.25, 0.3) is 11.1 Å². The molecule has 8 nitrogen and oxygen atoms in total. The molecule has 0 saturated heterocycles. The van der Waals surface area contributed by atoms with Crippen LogP contribution in [-0.4, -0.2) is 29.9 Å². The summed E-state index contributed by atoms with van der Waals surface area (Å²) in [7, 11) is 0. The predicted octanol–water partition coefficient (Wildman–Crippen LogP) is -0.866. The molecule has 5 N–H and O–H groups in total. The van der Waals surface area contributed by atoms with Crippen LogP contribution in [0.3, 0.4) is 0 Å². The largest absolute Gasteiger partial charge is 0.417 e. The van der Waals surface area contributed by atoms with E-state index >= 15 is 0 Å². The monoisotopic (exact) mass is 264 g/mol. The first-order chi connectivity index (χ1) is 9.08. The topological polar surface area (TPSA) is 130 Å². The molecule has 0 fully saturated rings. The highest BCUT2D eigenvalue weighted by molar-refractivity contribution is 5.96. The number of nitrogens with one attached hydrogen (secondary N) is 3. The fourth-order valence-electron chi connectivity index (χ4n) is 1.49. The third kappa shape index (κ3) is 3.19. The van der Waals surface area contributed by atoms with Crippen molar-refractivity contribution in [1.29, 1.82) is 0 Å². The third-order valence-electron chi connectivity index (χ3n) is 2.33. The third-order valence-corrected chi connectivity index (χ3v) is 2.33. The summed E-state index contributed by atoms with van der Waals surface area (Å²) in [4.78, 5) is 35.8. The van der Waals surface area contributed by atoms with E-state index in [1.54, 1.807) is 18.2 Å². The Bertz CT molecular complexity index is 673. The lowest BCUT2D eigenvalue weighted by Gasteiger charge is -2.05. The van der Waals surface area contributed by atoms with Crippen molar-refractivity contribution in [3.8, 4) is 0 Å². The van der Waals surface area contributed by atoms with Gasteiger partial charge in [0.1, 0.15) is 0 Å². The number of aromatic nitrogens is 1. The molecule has 0 aliphatic rings. The van der Waals surface area contributed by atoms with Crippen LogP contribution in [0.2, 0.25) is 0 Å². The summed E-state index contributed by atoms with van der Waals surface area (Å²) in [6.45, 7) is -0.342. The highest BCUT2D eigenvalue weighted by atomic mass is 16.4. The molecule has 100 valence electrons. The van der Waals surface area contributed by atoms with Gasteiger partial charge in [-0.05, 0) is 18.2 Å². The predicted molar refractivity (Wildman–Crippen MR) is 67.5 cm³/mol. The van der Waals surface area contributed by atoms with E-state index in [0.29, 0.717) is 16.8 Å². The first-order valence-corrected chi connectivity index (χ1v) is 5.48. The summed E-state index contributed by atoms with van der Waals surface area (Å²) in [5.41, 5.74) is 6.45. The number of aromatic amines is 1. The smallest absolute Gasteiger partial charge is 0.408 e. The minimum absolute atomic E-state index is 0.171. The van der Waals surface area contributed by atoms with Crippen LogP contribution in [0.5, 0.6) is 0 Å². The fraction of sp³-hybridized carbons (Fsp3) is 0.182. The number of H-pyrrole nitrogens is 1. The Labute approximate surface area is 107 Å². The van der Waals surface area contributed by atoms with E-state index in [0.717, 1.165) is 0 Å². The Morgan fingerprint density at radius 2 is 2.11 bits per heavy atom. The van der Waals surface area contributed by atoms with Gasteiger partial charge in [0.05, 0.1) is 18.6 Å². The summed E-state index contributed by atoms with van der Waals surface area (Å²) in [5, 5.41) is 4.91. The Morgan fingerprint density at radius 1 is 1.32 bits per heavy atom. The van der Waals surface area contributed by atoms with Crippen molar-refractivity contribution in [1.82, 2.24) is 10.3 Å². The van der Waals surface area contributed by atoms with Gasteiger partial charge in [-0.15, -0.1) is 0 Å². The lowest BCUT2D eigenvalue weighted by atomic mass is 10.3. The van der Waals surface area contributed by atoms with Crippen LogP contribution >= 0.6 is 0 Å². The number of amides is 2. The SMILES string of the molecule is NCC(=O)NCC(=O)Nc1ccc2oc(=O)[nH]c2c1. The van der Waals surface area contributed by atoms with Gasteiger partial charge in [0.2, 0.25) is 11.8 Å². The maximum absolute atomic E-state index is 11.5. The lowest BCUT2D eigenvalue weighted by molar-refractivity contribution is -0.123. The average Bonchev–Trinajstić information content (AvgIpc) is 2.75. The first kappa shape index (κ1) is 12.8. The second kappa shape index (κ2) is 5.36. The second-order valence-electron chi connectivity index (χ2n) is 3.75. The van der Waals surface area contributed by atoms with Crippen molar-refractivity contribution >= 4 is 28.6 Å². The molecule has 0 aliphatic carbocycles. The molecule has 0 spiro atoms. The quantitative estimate of drug-likeness (QED) is 0.570. The molecule has 0 aliphatic heterocycles. The normalized spacial score (nSPS) is 10.4. The van der Waals surface area contributed by atoms with E-state index in [9.17, 15) is 14.4 Å². The molecular weight excluding hydrogens is 252 g/mol. The number of carbonyl (C=O) groups excluding carboxylic acids is 2. The van der Waals surface area contributed by atoms with Crippen LogP contribution in [0.15, 0.2) is 27.4 Å². The minimum atomic E-state index is -0.561. The second-order valence-corrected chi connectivity index (χ2v) is 3.75. The number of anilines is 1. The van der Waals surface area contributed by atoms with Crippen molar-refractivity contribution in [2.24, 2.45) is 5.73 Å². The molecule has 1 aromatic carbocycles. The maximum Gasteiger partial charge on any atom is 0.417 e. The van der Waals surface area contributed by atoms with Crippen LogP contribution in [0, 0.1) is 0 Å². The van der Waals surface area contributed by atoms with Crippen molar-refractivity contribution in [3.63, 3.8) is 0 Å². The highest BCUT2D eigenvalue weighted by Crippen LogP contribution is 2.15. The Balaban J connectivity index is 2.02. The Hall–Kier alpha value is -2.61. The van der Waals surface area contributed by atoms with Crippen LogP contribution in [0.4, 0.5) is 5.69 Å². The summed E-state index contributed by atoms with van der Waals surface area (Å²) in [6, 6.07) is 4.70. The van der Waals surface area contributed by atoms with E-state index in [2.05, 4.69) is 15.6 Å². The Morgan fingerprint density at radius 3 is 2.84 bits per heavy atom. The van der Waals surface area contributed by atoms with E-state index in [4.69, 9.17) is 10.2 Å². The van der Waals surface area contributed by atoms with Gasteiger partial charge in [-0.1, -0.05) is 0 Å². The van der Waals surface area contributed by atoms with Gasteiger partial charge in [-0.3, -0.25) is 14.6 Å². The van der Waals surface area contributed by atoms with Gasteiger partial charge in [0.15, 0.2) is 5.58 Å². The van der Waals surface area contributed by atoms with Crippen molar-refractivity contribution < 1.29 is 14.0 Å². The van der Waals surface area contributed by atoms with Crippen LogP contribution < -0.4 is 22.1 Å². The number of oxazole rings is 1. The number of rotatable bonds is 4. The van der Waals surface area contributed by atoms with Crippen LogP contribution in [-0.2, 0) is 9.59 Å². The van der Waals surface area contributed by atoms with Gasteiger partial charge in [0.25, 0.3) is 0 Å². The van der Waals surface area contributed by atoms with Crippen molar-refractivity contribution in [3.05, 3.63) is 28.7 Å². The van der Waals surface area contributed by atoms with Gasteiger partial charge in [-0.2, -0.15) is 0 Å². The molecule has 0 unspecified atom stereocenters. The van der Waals surface area contributed by atoms with Crippen LogP contribution in [0.1, 0.15) is 0 Å². The van der Waals surface area contributed by atoms with Crippen molar-refractivity contribution in [2.45, 2.75) is 0 Å². The van der Waals surface area contributed by atoms with E-state index in [-0.39, 0.29) is 13.1 Å². The van der Waals surface area contributed by atoms with Gasteiger partial charge in [-0.25, -0.2) is 4.79 Å². The molecule has 19 heavy (non-hydrogen) atoms. The fourth-order valence-corrected chi connectivity index (χ4v) is 1.49. The summed E-state index contributed by atoms with van der Waals surface area (Å²) < 4.78 is 4.83. The van der Waals surface area contributed by atoms with E-state index in [1.165, 1.54) is 0 Å². The number of nitrogens with two attached hydrogens (primary N) is 1. The Kier molecular flexibility index (Phi) is 3.62. The lowest BCUT2D eigenvalue weighted by Crippen LogP contribution is -2.36. The first-order valence-electron chi connectivity index (χ1n) is 5.48. The molecule has 2 aromatic rings. The summed E-state index contributed by atoms with van der Waals surface area (Å²) in [5.74, 6) is -1.37. The standard InChI is InChI=1S/C11H12N4O4/c12-4-9(16)13-5-10(17)14-6-1-2-8-7(3-6)15-11(18)19-8/h1-3H,4-5,12H2,(H,13,16)(H,14,17)(H,15,18). The van der Waals surface area contributed by atoms with E-state index in [1.807, 2.05) is 0 Å². The number of hydrogen-bond donors (Lipinski definition) is 4. The van der Waals surface area contributed by atoms with Gasteiger partial charge >= 0.3 is 5.76 Å². The zero-order chi connectivity index (χ0) is 13.8. The number of carbonyl (C=O) groups is 2.